The van der Waals surface area contributed by atoms with Crippen LogP contribution in [-0.2, 0) is 11.8 Å². The van der Waals surface area contributed by atoms with Crippen LogP contribution in [0.5, 0.6) is 0 Å². The predicted octanol–water partition coefficient (Wildman–Crippen LogP) is 2.58. The van der Waals surface area contributed by atoms with Crippen molar-refractivity contribution in [2.24, 2.45) is 5.41 Å². The number of carbonyl (C=O) groups is 1. The van der Waals surface area contributed by atoms with Crippen LogP contribution in [-0.4, -0.2) is 40.8 Å². The third-order valence-corrected chi connectivity index (χ3v) is 5.80. The van der Waals surface area contributed by atoms with Gasteiger partial charge in [0, 0.05) is 17.3 Å². The summed E-state index contributed by atoms with van der Waals surface area (Å²) in [5, 5.41) is 10.7. The predicted molar refractivity (Wildman–Crippen MR) is 83.8 cm³/mol. The molecule has 1 atom stereocenters. The van der Waals surface area contributed by atoms with Crippen molar-refractivity contribution in [3.8, 4) is 0 Å². The van der Waals surface area contributed by atoms with E-state index in [2.05, 4.69) is 27.7 Å². The lowest BCUT2D eigenvalue weighted by Crippen LogP contribution is -2.34. The van der Waals surface area contributed by atoms with Gasteiger partial charge in [0.2, 0.25) is 0 Å². The van der Waals surface area contributed by atoms with E-state index in [9.17, 15) is 9.90 Å². The minimum absolute atomic E-state index is 0.0621. The molecule has 21 heavy (non-hydrogen) atoms. The van der Waals surface area contributed by atoms with Crippen molar-refractivity contribution in [3.05, 3.63) is 10.6 Å². The third kappa shape index (κ3) is 2.34. The molecule has 0 spiro atoms. The quantitative estimate of drug-likeness (QED) is 0.867. The summed E-state index contributed by atoms with van der Waals surface area (Å²) in [6.45, 7) is 9.34. The Morgan fingerprint density at radius 3 is 2.57 bits per heavy atom. The van der Waals surface area contributed by atoms with Crippen molar-refractivity contribution in [1.82, 2.24) is 9.88 Å². The van der Waals surface area contributed by atoms with Crippen LogP contribution in [0.1, 0.15) is 44.7 Å². The van der Waals surface area contributed by atoms with Crippen LogP contribution in [0.3, 0.4) is 0 Å². The number of nitrogens with zero attached hydrogens (tertiary/aromatic N) is 3. The molecule has 2 heterocycles. The number of aliphatic hydroxyl groups is 1. The number of anilines is 1. The maximum atomic E-state index is 12.2. The molecule has 0 saturated carbocycles. The monoisotopic (exact) mass is 309 g/mol. The second-order valence-electron chi connectivity index (χ2n) is 7.69. The Balaban J connectivity index is 2.02. The van der Waals surface area contributed by atoms with Crippen molar-refractivity contribution < 1.29 is 9.90 Å². The van der Waals surface area contributed by atoms with Gasteiger partial charge in [0.05, 0.1) is 12.2 Å². The molecular weight excluding hydrogens is 286 g/mol. The number of aromatic nitrogens is 1. The highest BCUT2D eigenvalue weighted by Crippen LogP contribution is 2.49. The van der Waals surface area contributed by atoms with Crippen LogP contribution in [0, 0.1) is 5.41 Å². The molecule has 0 aromatic carbocycles. The lowest BCUT2D eigenvalue weighted by Gasteiger charge is -2.39. The smallest absolute Gasteiger partial charge is 0.328 e. The molecule has 1 aliphatic heterocycles. The molecular formula is C15H23N3O2S. The van der Waals surface area contributed by atoms with E-state index in [4.69, 9.17) is 4.98 Å². The van der Waals surface area contributed by atoms with Crippen molar-refractivity contribution in [1.29, 1.82) is 0 Å². The maximum Gasteiger partial charge on any atom is 0.328 e. The summed E-state index contributed by atoms with van der Waals surface area (Å²) in [6.07, 6.45) is 1.23. The first-order chi connectivity index (χ1) is 9.61. The molecule has 116 valence electrons. The van der Waals surface area contributed by atoms with Crippen molar-refractivity contribution in [2.45, 2.75) is 52.2 Å². The summed E-state index contributed by atoms with van der Waals surface area (Å²) in [5.74, 6) is 0. The van der Waals surface area contributed by atoms with Crippen LogP contribution in [0.2, 0.25) is 0 Å². The second-order valence-corrected chi connectivity index (χ2v) is 8.67. The van der Waals surface area contributed by atoms with E-state index < -0.39 is 6.23 Å². The Morgan fingerprint density at radius 1 is 1.33 bits per heavy atom. The van der Waals surface area contributed by atoms with Gasteiger partial charge in [-0.1, -0.05) is 27.7 Å². The number of hydrogen-bond donors (Lipinski definition) is 1. The number of hydrogen-bond acceptors (Lipinski definition) is 4. The van der Waals surface area contributed by atoms with Gasteiger partial charge in [-0.05, 0) is 18.3 Å². The lowest BCUT2D eigenvalue weighted by atomic mass is 9.67. The highest BCUT2D eigenvalue weighted by Gasteiger charge is 2.43. The third-order valence-electron chi connectivity index (χ3n) is 4.34. The molecule has 1 aromatic rings. The number of carbonyl (C=O) groups excluding carboxylic acids is 1. The summed E-state index contributed by atoms with van der Waals surface area (Å²) in [5.41, 5.74) is 1.37. The van der Waals surface area contributed by atoms with E-state index >= 15 is 0 Å². The van der Waals surface area contributed by atoms with Gasteiger partial charge in [-0.25, -0.2) is 14.7 Å². The number of likely N-dealkylation sites (N-methyl/N-ethyl adjacent to an activating group) is 1. The zero-order chi connectivity index (χ0) is 15.6. The molecule has 1 saturated heterocycles. The van der Waals surface area contributed by atoms with Gasteiger partial charge in [-0.15, -0.1) is 11.3 Å². The zero-order valence-electron chi connectivity index (χ0n) is 13.3. The lowest BCUT2D eigenvalue weighted by molar-refractivity contribution is 0.183. The number of aliphatic hydroxyl groups excluding tert-OH is 1. The zero-order valence-corrected chi connectivity index (χ0v) is 14.1. The summed E-state index contributed by atoms with van der Waals surface area (Å²) < 4.78 is 0. The van der Waals surface area contributed by atoms with Crippen LogP contribution < -0.4 is 4.90 Å². The molecule has 3 rings (SSSR count). The Labute approximate surface area is 129 Å². The Morgan fingerprint density at radius 2 is 2.00 bits per heavy atom. The van der Waals surface area contributed by atoms with Gasteiger partial charge in [-0.3, -0.25) is 0 Å². The van der Waals surface area contributed by atoms with Gasteiger partial charge < -0.3 is 10.0 Å². The molecule has 1 N–H and O–H groups in total. The van der Waals surface area contributed by atoms with Gasteiger partial charge in [0.1, 0.15) is 0 Å². The van der Waals surface area contributed by atoms with Crippen LogP contribution in [0.25, 0.3) is 0 Å². The van der Waals surface area contributed by atoms with Crippen LogP contribution in [0.15, 0.2) is 0 Å². The van der Waals surface area contributed by atoms with Crippen molar-refractivity contribution in [3.63, 3.8) is 0 Å². The minimum Gasteiger partial charge on any atom is -0.371 e. The van der Waals surface area contributed by atoms with Gasteiger partial charge >= 0.3 is 6.03 Å². The summed E-state index contributed by atoms with van der Waals surface area (Å²) in [6, 6.07) is -0.175. The number of amides is 2. The fourth-order valence-corrected chi connectivity index (χ4v) is 5.03. The normalized spacial score (nSPS) is 27.1. The highest BCUT2D eigenvalue weighted by atomic mass is 32.1. The summed E-state index contributed by atoms with van der Waals surface area (Å²) in [4.78, 5) is 21.1. The van der Waals surface area contributed by atoms with Crippen molar-refractivity contribution >= 4 is 22.5 Å². The van der Waals surface area contributed by atoms with Gasteiger partial charge in [0.15, 0.2) is 11.4 Å². The maximum absolute atomic E-state index is 12.2. The molecule has 1 fully saturated rings. The van der Waals surface area contributed by atoms with Crippen molar-refractivity contribution in [2.75, 3.05) is 18.5 Å². The van der Waals surface area contributed by atoms with Gasteiger partial charge in [-0.2, -0.15) is 0 Å². The highest BCUT2D eigenvalue weighted by molar-refractivity contribution is 7.16. The number of β-amino-alcohol motifs (C(OH)–C–C–N with tert-alkyl or cyclic N) is 1. The first-order valence-corrected chi connectivity index (χ1v) is 8.15. The molecule has 1 aromatic heterocycles. The molecule has 5 nitrogen and oxygen atoms in total. The molecule has 0 bridgehead atoms. The molecule has 1 aliphatic carbocycles. The minimum atomic E-state index is -0.800. The van der Waals surface area contributed by atoms with E-state index in [0.717, 1.165) is 18.5 Å². The van der Waals surface area contributed by atoms with E-state index in [1.807, 2.05) is 0 Å². The first kappa shape index (κ1) is 14.8. The molecule has 0 radical (unpaired) electrons. The average Bonchev–Trinajstić information content (AvgIpc) is 2.79. The van der Waals surface area contributed by atoms with Crippen LogP contribution in [0.4, 0.5) is 9.93 Å². The molecule has 6 heteroatoms. The van der Waals surface area contributed by atoms with E-state index in [1.54, 1.807) is 18.4 Å². The largest absolute Gasteiger partial charge is 0.371 e. The standard InChI is InChI=1S/C15H23N3O2S/c1-14(2)6-9-11(15(3,4)8-14)21-12(16-9)18-10(19)7-17(5)13(18)20/h10,19H,6-8H2,1-5H3. The Hall–Kier alpha value is -1.14. The molecule has 2 aliphatic rings. The molecule has 1 unspecified atom stereocenters. The first-order valence-electron chi connectivity index (χ1n) is 7.33. The average molecular weight is 309 g/mol. The molecule has 2 amide bonds. The fraction of sp³-hybridized carbons (Fsp3) is 0.733. The Kier molecular flexibility index (Phi) is 3.12. The number of thiazole rings is 1. The van der Waals surface area contributed by atoms with E-state index in [0.29, 0.717) is 11.7 Å². The van der Waals surface area contributed by atoms with E-state index in [-0.39, 0.29) is 16.9 Å². The van der Waals surface area contributed by atoms with E-state index in [1.165, 1.54) is 14.7 Å². The van der Waals surface area contributed by atoms with Crippen LogP contribution >= 0.6 is 11.3 Å². The SMILES string of the molecule is CN1CC(O)N(c2nc3c(s2)C(C)(C)CC(C)(C)C3)C1=O. The second kappa shape index (κ2) is 4.43. The summed E-state index contributed by atoms with van der Waals surface area (Å²) in [7, 11) is 1.70. The van der Waals surface area contributed by atoms with Gasteiger partial charge in [0.25, 0.3) is 0 Å². The fourth-order valence-electron chi connectivity index (χ4n) is 3.81. The number of urea groups is 1. The topological polar surface area (TPSA) is 56.7 Å². The Bertz CT molecular complexity index is 594. The summed E-state index contributed by atoms with van der Waals surface area (Å²) >= 11 is 1.56. The number of fused-ring (bicyclic) bond motifs is 1. The number of rotatable bonds is 1.